The van der Waals surface area contributed by atoms with Gasteiger partial charge >= 0.3 is 0 Å². The number of aryl methyl sites for hydroxylation is 1. The van der Waals surface area contributed by atoms with Gasteiger partial charge in [-0.1, -0.05) is 42.8 Å². The number of hydrogen-bond donors (Lipinski definition) is 1. The Labute approximate surface area is 78.9 Å². The largest absolute Gasteiger partial charge is 0.411 e. The summed E-state index contributed by atoms with van der Waals surface area (Å²) in [6, 6.07) is 8.13. The first-order valence-corrected chi connectivity index (χ1v) is 4.56. The topological polar surface area (TPSA) is 32.6 Å². The van der Waals surface area contributed by atoms with Crippen molar-refractivity contribution >= 4 is 5.71 Å². The molecule has 0 bridgehead atoms. The molecule has 0 atom stereocenters. The van der Waals surface area contributed by atoms with Crippen molar-refractivity contribution in [2.24, 2.45) is 5.16 Å². The second kappa shape index (κ2) is 4.65. The second-order valence-electron chi connectivity index (χ2n) is 3.13. The van der Waals surface area contributed by atoms with Crippen molar-refractivity contribution < 1.29 is 5.21 Å². The highest BCUT2D eigenvalue weighted by molar-refractivity contribution is 5.98. The smallest absolute Gasteiger partial charge is 0.0836 e. The Balaban J connectivity index is 2.81. The molecule has 0 saturated heterocycles. The number of benzene rings is 1. The van der Waals surface area contributed by atoms with Gasteiger partial charge in [0.15, 0.2) is 0 Å². The van der Waals surface area contributed by atoms with Crippen LogP contribution >= 0.6 is 0 Å². The predicted octanol–water partition coefficient (Wildman–Crippen LogP) is 2.84. The maximum absolute atomic E-state index is 8.55. The first kappa shape index (κ1) is 9.78. The zero-order valence-corrected chi connectivity index (χ0v) is 8.12. The zero-order valence-electron chi connectivity index (χ0n) is 8.12. The Morgan fingerprint density at radius 2 is 1.92 bits per heavy atom. The highest BCUT2D eigenvalue weighted by Crippen LogP contribution is 2.07. The highest BCUT2D eigenvalue weighted by Gasteiger charge is 1.97. The van der Waals surface area contributed by atoms with Crippen molar-refractivity contribution in [3.8, 4) is 0 Å². The average molecular weight is 177 g/mol. The Morgan fingerprint density at radius 1 is 1.31 bits per heavy atom. The van der Waals surface area contributed by atoms with Crippen molar-refractivity contribution in [2.45, 2.75) is 26.7 Å². The van der Waals surface area contributed by atoms with Crippen molar-refractivity contribution in [1.29, 1.82) is 0 Å². The van der Waals surface area contributed by atoms with Crippen molar-refractivity contribution in [3.05, 3.63) is 35.4 Å². The molecule has 0 fully saturated rings. The molecule has 1 rings (SSSR count). The van der Waals surface area contributed by atoms with Gasteiger partial charge in [-0.05, 0) is 24.5 Å². The van der Waals surface area contributed by atoms with E-state index in [2.05, 4.69) is 24.2 Å². The molecule has 0 heterocycles. The van der Waals surface area contributed by atoms with Gasteiger partial charge in [0.1, 0.15) is 0 Å². The molecule has 0 unspecified atom stereocenters. The fraction of sp³-hybridized carbons (Fsp3) is 0.364. The lowest BCUT2D eigenvalue weighted by molar-refractivity contribution is 0.319. The van der Waals surface area contributed by atoms with E-state index in [1.54, 1.807) is 6.92 Å². The van der Waals surface area contributed by atoms with Crippen LogP contribution in [0.4, 0.5) is 0 Å². The van der Waals surface area contributed by atoms with E-state index >= 15 is 0 Å². The fourth-order valence-corrected chi connectivity index (χ4v) is 1.26. The van der Waals surface area contributed by atoms with Crippen LogP contribution in [0.5, 0.6) is 0 Å². The third kappa shape index (κ3) is 2.58. The first-order valence-electron chi connectivity index (χ1n) is 4.56. The quantitative estimate of drug-likeness (QED) is 0.430. The van der Waals surface area contributed by atoms with Gasteiger partial charge < -0.3 is 5.21 Å². The van der Waals surface area contributed by atoms with Crippen LogP contribution in [0.2, 0.25) is 0 Å². The van der Waals surface area contributed by atoms with E-state index < -0.39 is 0 Å². The van der Waals surface area contributed by atoms with Gasteiger partial charge in [0.2, 0.25) is 0 Å². The molecule has 0 aliphatic carbocycles. The lowest BCUT2D eigenvalue weighted by atomic mass is 10.1. The minimum atomic E-state index is 0.656. The summed E-state index contributed by atoms with van der Waals surface area (Å²) in [7, 11) is 0. The molecule has 1 aromatic rings. The SMILES string of the molecule is CCCc1ccc(/C(C)=N/O)cc1. The molecule has 0 spiro atoms. The lowest BCUT2D eigenvalue weighted by Gasteiger charge is -2.01. The standard InChI is InChI=1S/C11H15NO/c1-3-4-10-5-7-11(8-6-10)9(2)12-13/h5-8,13H,3-4H2,1-2H3/b12-9+. The minimum absolute atomic E-state index is 0.656. The van der Waals surface area contributed by atoms with E-state index in [-0.39, 0.29) is 0 Å². The number of hydrogen-bond acceptors (Lipinski definition) is 2. The molecule has 2 heteroatoms. The predicted molar refractivity (Wildman–Crippen MR) is 54.4 cm³/mol. The minimum Gasteiger partial charge on any atom is -0.411 e. The van der Waals surface area contributed by atoms with Crippen LogP contribution in [-0.2, 0) is 6.42 Å². The fourth-order valence-electron chi connectivity index (χ4n) is 1.26. The van der Waals surface area contributed by atoms with Crippen LogP contribution in [0.25, 0.3) is 0 Å². The van der Waals surface area contributed by atoms with Gasteiger partial charge in [-0.25, -0.2) is 0 Å². The van der Waals surface area contributed by atoms with Crippen LogP contribution in [0.1, 0.15) is 31.4 Å². The Morgan fingerprint density at radius 3 is 2.38 bits per heavy atom. The molecule has 0 radical (unpaired) electrons. The molecular formula is C11H15NO. The molecule has 0 aliphatic rings. The van der Waals surface area contributed by atoms with Gasteiger partial charge in [0.05, 0.1) is 5.71 Å². The number of rotatable bonds is 3. The normalized spacial score (nSPS) is 11.7. The van der Waals surface area contributed by atoms with E-state index in [1.165, 1.54) is 5.56 Å². The molecule has 0 aromatic heterocycles. The zero-order chi connectivity index (χ0) is 9.68. The van der Waals surface area contributed by atoms with Gasteiger partial charge in [-0.3, -0.25) is 0 Å². The third-order valence-electron chi connectivity index (χ3n) is 2.06. The van der Waals surface area contributed by atoms with E-state index in [9.17, 15) is 0 Å². The molecule has 0 aliphatic heterocycles. The van der Waals surface area contributed by atoms with E-state index in [4.69, 9.17) is 5.21 Å². The van der Waals surface area contributed by atoms with Crippen LogP contribution in [0.15, 0.2) is 29.4 Å². The van der Waals surface area contributed by atoms with Crippen molar-refractivity contribution in [1.82, 2.24) is 0 Å². The monoisotopic (exact) mass is 177 g/mol. The van der Waals surface area contributed by atoms with Gasteiger partial charge in [0, 0.05) is 0 Å². The Hall–Kier alpha value is -1.31. The summed E-state index contributed by atoms with van der Waals surface area (Å²) in [4.78, 5) is 0. The number of oxime groups is 1. The summed E-state index contributed by atoms with van der Waals surface area (Å²) < 4.78 is 0. The van der Waals surface area contributed by atoms with Crippen molar-refractivity contribution in [2.75, 3.05) is 0 Å². The summed E-state index contributed by atoms with van der Waals surface area (Å²) in [5.41, 5.74) is 2.96. The van der Waals surface area contributed by atoms with Gasteiger partial charge in [0.25, 0.3) is 0 Å². The average Bonchev–Trinajstić information content (AvgIpc) is 2.18. The molecule has 2 nitrogen and oxygen atoms in total. The van der Waals surface area contributed by atoms with Crippen LogP contribution in [0, 0.1) is 0 Å². The summed E-state index contributed by atoms with van der Waals surface area (Å²) in [6.45, 7) is 3.95. The summed E-state index contributed by atoms with van der Waals surface area (Å²) >= 11 is 0. The molecule has 1 N–H and O–H groups in total. The van der Waals surface area contributed by atoms with E-state index in [0.717, 1.165) is 18.4 Å². The van der Waals surface area contributed by atoms with E-state index in [1.807, 2.05) is 12.1 Å². The Bertz CT molecular complexity index is 287. The van der Waals surface area contributed by atoms with Gasteiger partial charge in [-0.15, -0.1) is 0 Å². The summed E-state index contributed by atoms with van der Waals surface area (Å²) in [6.07, 6.45) is 2.27. The van der Waals surface area contributed by atoms with Crippen LogP contribution in [0.3, 0.4) is 0 Å². The first-order chi connectivity index (χ1) is 6.27. The molecule has 70 valence electrons. The summed E-state index contributed by atoms with van der Waals surface area (Å²) in [5, 5.41) is 11.7. The lowest BCUT2D eigenvalue weighted by Crippen LogP contribution is -1.94. The molecule has 0 amide bonds. The van der Waals surface area contributed by atoms with Gasteiger partial charge in [-0.2, -0.15) is 0 Å². The highest BCUT2D eigenvalue weighted by atomic mass is 16.4. The molecule has 1 aromatic carbocycles. The molecular weight excluding hydrogens is 162 g/mol. The number of nitrogens with zero attached hydrogens (tertiary/aromatic N) is 1. The van der Waals surface area contributed by atoms with E-state index in [0.29, 0.717) is 5.71 Å². The van der Waals surface area contributed by atoms with Crippen LogP contribution < -0.4 is 0 Å². The molecule has 0 saturated carbocycles. The van der Waals surface area contributed by atoms with Crippen LogP contribution in [-0.4, -0.2) is 10.9 Å². The maximum atomic E-state index is 8.55. The summed E-state index contributed by atoms with van der Waals surface area (Å²) in [5.74, 6) is 0. The molecule has 13 heavy (non-hydrogen) atoms. The maximum Gasteiger partial charge on any atom is 0.0836 e. The third-order valence-corrected chi connectivity index (χ3v) is 2.06. The van der Waals surface area contributed by atoms with Crippen molar-refractivity contribution in [3.63, 3.8) is 0 Å². The Kier molecular flexibility index (Phi) is 3.50. The second-order valence-corrected chi connectivity index (χ2v) is 3.13.